The van der Waals surface area contributed by atoms with E-state index in [4.69, 9.17) is 14.2 Å². The molecule has 0 spiro atoms. The molecule has 30 heavy (non-hydrogen) atoms. The van der Waals surface area contributed by atoms with Gasteiger partial charge in [0.1, 0.15) is 18.5 Å². The maximum Gasteiger partial charge on any atom is 0.336 e. The largest absolute Gasteiger partial charge is 0.465 e. The molecule has 1 saturated carbocycles. The molecule has 1 saturated heterocycles. The summed E-state index contributed by atoms with van der Waals surface area (Å²) in [5, 5.41) is 9.18. The molecule has 1 aliphatic carbocycles. The van der Waals surface area contributed by atoms with Crippen molar-refractivity contribution >= 4 is 24.2 Å². The van der Waals surface area contributed by atoms with E-state index < -0.39 is 54.0 Å². The lowest BCUT2D eigenvalue weighted by Gasteiger charge is -2.50. The highest BCUT2D eigenvalue weighted by atomic mass is 16.6. The van der Waals surface area contributed by atoms with Crippen molar-refractivity contribution in [1.82, 2.24) is 0 Å². The van der Waals surface area contributed by atoms with Gasteiger partial charge in [-0.2, -0.15) is 0 Å². The number of hydrogen-bond acceptors (Lipinski definition) is 8. The summed E-state index contributed by atoms with van der Waals surface area (Å²) in [4.78, 5) is 47.8. The third-order valence-electron chi connectivity index (χ3n) is 5.66. The van der Waals surface area contributed by atoms with E-state index >= 15 is 0 Å². The average Bonchev–Trinajstić information content (AvgIpc) is 2.99. The Bertz CT molecular complexity index is 810. The average molecular weight is 418 g/mol. The van der Waals surface area contributed by atoms with Crippen LogP contribution in [-0.2, 0) is 33.4 Å². The second kappa shape index (κ2) is 9.21. The standard InChI is InChI=1S/C22H26O8/c1-6-7-22(11-28-15(5)25)8-16(29-20(26)13(3)10-24)17-14(4)21(27)30-19(17)18(22)12(2)9-23/h6,9,16-19,24H,1-4,7-8,10-11H2,5H3. The van der Waals surface area contributed by atoms with Crippen molar-refractivity contribution in [1.29, 1.82) is 0 Å². The van der Waals surface area contributed by atoms with Crippen LogP contribution in [0.25, 0.3) is 0 Å². The van der Waals surface area contributed by atoms with Gasteiger partial charge in [-0.15, -0.1) is 6.58 Å². The van der Waals surface area contributed by atoms with Crippen LogP contribution < -0.4 is 0 Å². The fraction of sp³-hybridized carbons (Fsp3) is 0.455. The molecule has 8 heteroatoms. The third kappa shape index (κ3) is 4.28. The van der Waals surface area contributed by atoms with Gasteiger partial charge in [-0.1, -0.05) is 25.8 Å². The zero-order chi connectivity index (χ0) is 22.6. The SMILES string of the molecule is C=CCC1(COC(C)=O)CC(OC(=O)C(=C)CO)C2C(=C)C(=O)OC2C1C(=C)C=O. The number of carbonyl (C=O) groups excluding carboxylic acids is 4. The summed E-state index contributed by atoms with van der Waals surface area (Å²) in [6.45, 7) is 15.3. The number of carbonyl (C=O) groups is 4. The Balaban J connectivity index is 2.57. The van der Waals surface area contributed by atoms with Gasteiger partial charge in [-0.25, -0.2) is 9.59 Å². The highest BCUT2D eigenvalue weighted by molar-refractivity contribution is 5.92. The van der Waals surface area contributed by atoms with Crippen LogP contribution in [0.15, 0.2) is 49.1 Å². The fourth-order valence-corrected chi connectivity index (χ4v) is 4.35. The number of hydrogen-bond donors (Lipinski definition) is 1. The van der Waals surface area contributed by atoms with E-state index in [0.29, 0.717) is 6.29 Å². The first-order valence-corrected chi connectivity index (χ1v) is 9.39. The molecule has 1 N–H and O–H groups in total. The normalized spacial score (nSPS) is 29.9. The van der Waals surface area contributed by atoms with Crippen LogP contribution in [0, 0.1) is 17.3 Å². The van der Waals surface area contributed by atoms with Crippen molar-refractivity contribution in [3.05, 3.63) is 49.1 Å². The summed E-state index contributed by atoms with van der Waals surface area (Å²) in [5.74, 6) is -3.48. The summed E-state index contributed by atoms with van der Waals surface area (Å²) in [5.41, 5.74) is -0.860. The Morgan fingerprint density at radius 2 is 2.03 bits per heavy atom. The number of fused-ring (bicyclic) bond motifs is 1. The van der Waals surface area contributed by atoms with Crippen LogP contribution in [0.2, 0.25) is 0 Å². The maximum absolute atomic E-state index is 12.3. The molecular weight excluding hydrogens is 392 g/mol. The van der Waals surface area contributed by atoms with Crippen LogP contribution in [0.1, 0.15) is 19.8 Å². The minimum absolute atomic E-state index is 0.107. The fourth-order valence-electron chi connectivity index (χ4n) is 4.35. The van der Waals surface area contributed by atoms with Crippen LogP contribution in [0.3, 0.4) is 0 Å². The quantitative estimate of drug-likeness (QED) is 0.197. The highest BCUT2D eigenvalue weighted by Gasteiger charge is 2.61. The zero-order valence-electron chi connectivity index (χ0n) is 16.9. The molecule has 2 aliphatic rings. The Hall–Kier alpha value is -3.00. The molecule has 0 radical (unpaired) electrons. The molecule has 8 nitrogen and oxygen atoms in total. The minimum atomic E-state index is -0.969. The predicted molar refractivity (Wildman–Crippen MR) is 106 cm³/mol. The molecule has 1 heterocycles. The number of allylic oxidation sites excluding steroid dienone is 1. The summed E-state index contributed by atoms with van der Waals surface area (Å²) < 4.78 is 16.4. The lowest BCUT2D eigenvalue weighted by molar-refractivity contribution is -0.173. The van der Waals surface area contributed by atoms with Crippen LogP contribution in [0.5, 0.6) is 0 Å². The zero-order valence-corrected chi connectivity index (χ0v) is 16.9. The maximum atomic E-state index is 12.3. The number of rotatable bonds is 9. The van der Waals surface area contributed by atoms with Gasteiger partial charge < -0.3 is 19.3 Å². The van der Waals surface area contributed by atoms with Crippen molar-refractivity contribution < 1.29 is 38.5 Å². The van der Waals surface area contributed by atoms with E-state index in [1.54, 1.807) is 6.08 Å². The molecule has 2 fully saturated rings. The Labute approximate surface area is 174 Å². The molecule has 162 valence electrons. The van der Waals surface area contributed by atoms with Crippen molar-refractivity contribution in [2.24, 2.45) is 17.3 Å². The lowest BCUT2D eigenvalue weighted by atomic mass is 9.57. The summed E-state index contributed by atoms with van der Waals surface area (Å²) in [6.07, 6.45) is 0.752. The highest BCUT2D eigenvalue weighted by Crippen LogP contribution is 2.55. The van der Waals surface area contributed by atoms with Gasteiger partial charge in [0, 0.05) is 23.8 Å². The molecule has 0 amide bonds. The van der Waals surface area contributed by atoms with Crippen LogP contribution in [0.4, 0.5) is 0 Å². The van der Waals surface area contributed by atoms with Crippen LogP contribution >= 0.6 is 0 Å². The summed E-state index contributed by atoms with van der Waals surface area (Å²) in [7, 11) is 0. The number of aliphatic hydroxyl groups is 1. The molecule has 1 aliphatic heterocycles. The Morgan fingerprint density at radius 1 is 1.37 bits per heavy atom. The van der Waals surface area contributed by atoms with Gasteiger partial charge in [-0.05, 0) is 18.4 Å². The molecule has 5 unspecified atom stereocenters. The first kappa shape index (κ1) is 23.3. The third-order valence-corrected chi connectivity index (χ3v) is 5.66. The van der Waals surface area contributed by atoms with Crippen molar-refractivity contribution in [2.75, 3.05) is 13.2 Å². The smallest absolute Gasteiger partial charge is 0.336 e. The van der Waals surface area contributed by atoms with Crippen LogP contribution in [-0.4, -0.2) is 54.7 Å². The van der Waals surface area contributed by atoms with E-state index in [9.17, 15) is 24.3 Å². The van der Waals surface area contributed by atoms with E-state index in [-0.39, 0.29) is 36.2 Å². The van der Waals surface area contributed by atoms with E-state index in [0.717, 1.165) is 0 Å². The van der Waals surface area contributed by atoms with Crippen molar-refractivity contribution in [3.63, 3.8) is 0 Å². The monoisotopic (exact) mass is 418 g/mol. The van der Waals surface area contributed by atoms with Crippen molar-refractivity contribution in [2.45, 2.75) is 32.0 Å². The lowest BCUT2D eigenvalue weighted by Crippen LogP contribution is -2.55. The van der Waals surface area contributed by atoms with Gasteiger partial charge >= 0.3 is 17.9 Å². The predicted octanol–water partition coefficient (Wildman–Crippen LogP) is 1.45. The Kier molecular flexibility index (Phi) is 7.15. The molecule has 0 aromatic rings. The van der Waals surface area contributed by atoms with E-state index in [1.165, 1.54) is 6.92 Å². The number of aliphatic hydroxyl groups excluding tert-OH is 1. The van der Waals surface area contributed by atoms with Gasteiger partial charge in [0.25, 0.3) is 0 Å². The first-order valence-electron chi connectivity index (χ1n) is 9.39. The second-order valence-corrected chi connectivity index (χ2v) is 7.64. The molecule has 2 rings (SSSR count). The molecule has 0 bridgehead atoms. The topological polar surface area (TPSA) is 116 Å². The van der Waals surface area contributed by atoms with Gasteiger partial charge in [0.15, 0.2) is 0 Å². The number of esters is 3. The van der Waals surface area contributed by atoms with E-state index in [1.807, 2.05) is 0 Å². The molecular formula is C22H26O8. The second-order valence-electron chi connectivity index (χ2n) is 7.64. The van der Waals surface area contributed by atoms with Gasteiger partial charge in [0.2, 0.25) is 0 Å². The minimum Gasteiger partial charge on any atom is -0.465 e. The Morgan fingerprint density at radius 3 is 2.57 bits per heavy atom. The van der Waals surface area contributed by atoms with E-state index in [2.05, 4.69) is 26.3 Å². The summed E-state index contributed by atoms with van der Waals surface area (Å²) >= 11 is 0. The number of aldehydes is 1. The molecule has 5 atom stereocenters. The first-order chi connectivity index (χ1) is 14.1. The van der Waals surface area contributed by atoms with Gasteiger partial charge in [-0.3, -0.25) is 9.59 Å². The summed E-state index contributed by atoms with van der Waals surface area (Å²) in [6, 6.07) is 0. The van der Waals surface area contributed by atoms with Crippen molar-refractivity contribution in [3.8, 4) is 0 Å². The number of ether oxygens (including phenoxy) is 3. The molecule has 0 aromatic heterocycles. The molecule has 0 aromatic carbocycles. The van der Waals surface area contributed by atoms with Gasteiger partial charge in [0.05, 0.1) is 24.7 Å².